The monoisotopic (exact) mass is 165 g/mol. The van der Waals surface area contributed by atoms with E-state index in [1.54, 1.807) is 0 Å². The molecule has 1 heterocycles. The summed E-state index contributed by atoms with van der Waals surface area (Å²) in [5, 5.41) is 9.10. The first-order valence-corrected chi connectivity index (χ1v) is 4.66. The van der Waals surface area contributed by atoms with Crippen molar-refractivity contribution in [2.75, 3.05) is 13.2 Å². The van der Waals surface area contributed by atoms with Gasteiger partial charge in [-0.3, -0.25) is 0 Å². The lowest BCUT2D eigenvalue weighted by molar-refractivity contribution is -0.168. The van der Waals surface area contributed by atoms with Gasteiger partial charge in [-0.25, -0.2) is 0 Å². The molecule has 66 valence electrons. The molecule has 1 aliphatic carbocycles. The predicted octanol–water partition coefficient (Wildman–Crippen LogP) is 1.96. The van der Waals surface area contributed by atoms with Crippen LogP contribution in [0.4, 0.5) is 0 Å². The summed E-state index contributed by atoms with van der Waals surface area (Å²) >= 11 is 0. The van der Waals surface area contributed by atoms with Gasteiger partial charge in [-0.2, -0.15) is 5.26 Å². The summed E-state index contributed by atoms with van der Waals surface area (Å²) < 4.78 is 5.28. The van der Waals surface area contributed by atoms with Crippen molar-refractivity contribution in [1.82, 2.24) is 0 Å². The van der Waals surface area contributed by atoms with E-state index in [0.29, 0.717) is 5.92 Å². The van der Waals surface area contributed by atoms with Crippen molar-refractivity contribution in [1.29, 1.82) is 5.26 Å². The van der Waals surface area contributed by atoms with Crippen molar-refractivity contribution in [2.24, 2.45) is 16.7 Å². The molecule has 2 fully saturated rings. The van der Waals surface area contributed by atoms with Gasteiger partial charge in [-0.05, 0) is 18.8 Å². The van der Waals surface area contributed by atoms with Gasteiger partial charge in [-0.1, -0.05) is 13.8 Å². The van der Waals surface area contributed by atoms with Gasteiger partial charge in [0.05, 0.1) is 24.7 Å². The van der Waals surface area contributed by atoms with Crippen LogP contribution in [0.2, 0.25) is 0 Å². The van der Waals surface area contributed by atoms with Gasteiger partial charge in [0, 0.05) is 5.41 Å². The van der Waals surface area contributed by atoms with E-state index in [2.05, 4.69) is 19.9 Å². The van der Waals surface area contributed by atoms with Gasteiger partial charge in [0.2, 0.25) is 0 Å². The summed E-state index contributed by atoms with van der Waals surface area (Å²) in [7, 11) is 0. The molecule has 0 atom stereocenters. The molecule has 0 bridgehead atoms. The van der Waals surface area contributed by atoms with E-state index >= 15 is 0 Å². The van der Waals surface area contributed by atoms with Gasteiger partial charge in [0.15, 0.2) is 0 Å². The summed E-state index contributed by atoms with van der Waals surface area (Å²) in [6.45, 7) is 6.02. The van der Waals surface area contributed by atoms with Crippen molar-refractivity contribution in [2.45, 2.75) is 26.7 Å². The Balaban J connectivity index is 2.24. The molecule has 1 saturated heterocycles. The highest BCUT2D eigenvalue weighted by atomic mass is 16.5. The molecule has 0 aromatic heterocycles. The van der Waals surface area contributed by atoms with E-state index in [4.69, 9.17) is 10.00 Å². The third-order valence-corrected chi connectivity index (χ3v) is 3.74. The molecule has 0 spiro atoms. The molecule has 0 radical (unpaired) electrons. The van der Waals surface area contributed by atoms with Crippen LogP contribution in [0, 0.1) is 28.1 Å². The van der Waals surface area contributed by atoms with Gasteiger partial charge < -0.3 is 4.74 Å². The van der Waals surface area contributed by atoms with Gasteiger partial charge in [0.1, 0.15) is 0 Å². The van der Waals surface area contributed by atoms with Crippen LogP contribution >= 0.6 is 0 Å². The van der Waals surface area contributed by atoms with Crippen LogP contribution in [-0.2, 0) is 4.74 Å². The third kappa shape index (κ3) is 0.728. The van der Waals surface area contributed by atoms with Gasteiger partial charge in [0.25, 0.3) is 0 Å². The number of ether oxygens (including phenoxy) is 1. The van der Waals surface area contributed by atoms with E-state index in [-0.39, 0.29) is 10.8 Å². The Bertz CT molecular complexity index is 231. The molecular formula is C10H15NO. The first-order valence-electron chi connectivity index (χ1n) is 4.66. The van der Waals surface area contributed by atoms with Crippen LogP contribution in [0.3, 0.4) is 0 Å². The average Bonchev–Trinajstić information content (AvgIpc) is 2.66. The van der Waals surface area contributed by atoms with Crippen LogP contribution in [-0.4, -0.2) is 13.2 Å². The molecule has 0 unspecified atom stereocenters. The molecule has 2 nitrogen and oxygen atoms in total. The SMILES string of the molecule is CC(C)C1(C2(C#N)CC2)COC1. The number of nitrogens with zero attached hydrogens (tertiary/aromatic N) is 1. The van der Waals surface area contributed by atoms with E-state index < -0.39 is 0 Å². The van der Waals surface area contributed by atoms with E-state index in [0.717, 1.165) is 26.1 Å². The zero-order chi connectivity index (χ0) is 8.82. The highest BCUT2D eigenvalue weighted by Gasteiger charge is 2.64. The van der Waals surface area contributed by atoms with E-state index in [1.807, 2.05) is 0 Å². The standard InChI is InChI=1S/C10H15NO/c1-8(2)10(6-12-7-10)9(5-11)3-4-9/h8H,3-4,6-7H2,1-2H3. The minimum Gasteiger partial charge on any atom is -0.380 e. The van der Waals surface area contributed by atoms with Crippen molar-refractivity contribution >= 4 is 0 Å². The fourth-order valence-corrected chi connectivity index (χ4v) is 2.33. The van der Waals surface area contributed by atoms with Gasteiger partial charge >= 0.3 is 0 Å². The van der Waals surface area contributed by atoms with Crippen molar-refractivity contribution in [3.05, 3.63) is 0 Å². The Kier molecular flexibility index (Phi) is 1.50. The molecule has 0 aromatic rings. The molecule has 0 aromatic carbocycles. The third-order valence-electron chi connectivity index (χ3n) is 3.74. The maximum atomic E-state index is 9.10. The first kappa shape index (κ1) is 8.07. The van der Waals surface area contributed by atoms with Crippen LogP contribution in [0.5, 0.6) is 0 Å². The zero-order valence-corrected chi connectivity index (χ0v) is 7.76. The smallest absolute Gasteiger partial charge is 0.0697 e. The lowest BCUT2D eigenvalue weighted by Gasteiger charge is -2.48. The number of nitriles is 1. The van der Waals surface area contributed by atoms with Crippen LogP contribution in [0.15, 0.2) is 0 Å². The lowest BCUT2D eigenvalue weighted by Crippen LogP contribution is -2.53. The predicted molar refractivity (Wildman–Crippen MR) is 45.4 cm³/mol. The second-order valence-corrected chi connectivity index (χ2v) is 4.50. The summed E-state index contributed by atoms with van der Waals surface area (Å²) in [5.41, 5.74) is 0.182. The van der Waals surface area contributed by atoms with Crippen molar-refractivity contribution < 1.29 is 4.74 Å². The molecule has 0 amide bonds. The highest BCUT2D eigenvalue weighted by molar-refractivity contribution is 5.21. The van der Waals surface area contributed by atoms with Gasteiger partial charge in [-0.15, -0.1) is 0 Å². The van der Waals surface area contributed by atoms with Crippen LogP contribution in [0.25, 0.3) is 0 Å². The number of hydrogen-bond donors (Lipinski definition) is 0. The number of hydrogen-bond acceptors (Lipinski definition) is 2. The van der Waals surface area contributed by atoms with Crippen LogP contribution in [0.1, 0.15) is 26.7 Å². The second-order valence-electron chi connectivity index (χ2n) is 4.50. The summed E-state index contributed by atoms with van der Waals surface area (Å²) in [4.78, 5) is 0. The van der Waals surface area contributed by atoms with E-state index in [1.165, 1.54) is 0 Å². The summed E-state index contributed by atoms with van der Waals surface area (Å²) in [5.74, 6) is 0.577. The fraction of sp³-hybridized carbons (Fsp3) is 0.900. The zero-order valence-electron chi connectivity index (χ0n) is 7.76. The highest BCUT2D eigenvalue weighted by Crippen LogP contribution is 2.64. The topological polar surface area (TPSA) is 33.0 Å². The minimum atomic E-state index is -0.0145. The molecule has 2 aliphatic rings. The molecule has 2 rings (SSSR count). The molecule has 12 heavy (non-hydrogen) atoms. The fourth-order valence-electron chi connectivity index (χ4n) is 2.33. The molecule has 2 heteroatoms. The maximum Gasteiger partial charge on any atom is 0.0697 e. The largest absolute Gasteiger partial charge is 0.380 e. The van der Waals surface area contributed by atoms with Crippen molar-refractivity contribution in [3.8, 4) is 6.07 Å². The Hall–Kier alpha value is -0.550. The minimum absolute atomic E-state index is 0.0145. The molecule has 1 saturated carbocycles. The van der Waals surface area contributed by atoms with Crippen LogP contribution < -0.4 is 0 Å². The summed E-state index contributed by atoms with van der Waals surface area (Å²) in [6.07, 6.45) is 2.18. The molecular weight excluding hydrogens is 150 g/mol. The van der Waals surface area contributed by atoms with E-state index in [9.17, 15) is 0 Å². The average molecular weight is 165 g/mol. The Morgan fingerprint density at radius 3 is 2.00 bits per heavy atom. The molecule has 0 N–H and O–H groups in total. The second kappa shape index (κ2) is 2.23. The Morgan fingerprint density at radius 1 is 1.33 bits per heavy atom. The maximum absolute atomic E-state index is 9.10. The molecule has 1 aliphatic heterocycles. The quantitative estimate of drug-likeness (QED) is 0.626. The lowest BCUT2D eigenvalue weighted by atomic mass is 9.64. The Morgan fingerprint density at radius 2 is 1.92 bits per heavy atom. The first-order chi connectivity index (χ1) is 5.67. The normalized spacial score (nSPS) is 29.2. The Labute approximate surface area is 73.5 Å². The number of rotatable bonds is 2. The van der Waals surface area contributed by atoms with Crippen molar-refractivity contribution in [3.63, 3.8) is 0 Å². The summed E-state index contributed by atoms with van der Waals surface area (Å²) in [6, 6.07) is 2.50.